The number of rotatable bonds is 42. The second-order valence-corrected chi connectivity index (χ2v) is 21.0. The van der Waals surface area contributed by atoms with Gasteiger partial charge in [-0.05, 0) is 44.6 Å². The molecule has 0 aliphatic rings. The van der Waals surface area contributed by atoms with E-state index >= 15 is 13.2 Å². The van der Waals surface area contributed by atoms with Crippen LogP contribution < -0.4 is 14.0 Å². The first kappa shape index (κ1) is 69.5. The lowest BCUT2D eigenvalue weighted by Gasteiger charge is -2.45. The first-order valence-electron chi connectivity index (χ1n) is 29.5. The molecule has 1 unspecified atom stereocenters. The van der Waals surface area contributed by atoms with Crippen LogP contribution in [0.4, 0.5) is 52.7 Å². The van der Waals surface area contributed by atoms with E-state index in [0.29, 0.717) is 50.0 Å². The molecule has 0 aromatic heterocycles. The molecule has 0 heterocycles. The van der Waals surface area contributed by atoms with Gasteiger partial charge in [0.1, 0.15) is 23.3 Å². The Morgan fingerprint density at radius 3 is 0.975 bits per heavy atom. The molecule has 0 bridgehead atoms. The fourth-order valence-corrected chi connectivity index (χ4v) is 10.1. The molecule has 80 heavy (non-hydrogen) atoms. The van der Waals surface area contributed by atoms with Crippen molar-refractivity contribution in [1.29, 1.82) is 0 Å². The van der Waals surface area contributed by atoms with Crippen LogP contribution in [0.1, 0.15) is 225 Å². The Morgan fingerprint density at radius 2 is 0.675 bits per heavy atom. The molecule has 0 N–H and O–H groups in total. The molecule has 4 nitrogen and oxygen atoms in total. The molecular formula is C63H86BF12NO3. The quantitative estimate of drug-likeness (QED) is 0.00842. The highest BCUT2D eigenvalue weighted by Gasteiger charge is 2.42. The third-order valence-electron chi connectivity index (χ3n) is 14.6. The Bertz CT molecular complexity index is 2190. The maximum absolute atomic E-state index is 16.9. The zero-order valence-corrected chi connectivity index (χ0v) is 47.5. The van der Waals surface area contributed by atoms with Gasteiger partial charge in [0, 0.05) is 42.0 Å². The van der Waals surface area contributed by atoms with Crippen LogP contribution >= 0.6 is 0 Å². The molecule has 1 atom stereocenters. The Hall–Kier alpha value is -4.80. The van der Waals surface area contributed by atoms with Gasteiger partial charge in [-0.3, -0.25) is 8.78 Å². The SMILES string of the molecule is C=CC(c1c(OB(Oc2cc(F)c(F)c(F)c2)Oc2cc(F)c(F)c(F)c2)cc(F)c(F)c1F)[N+](CCCCCCCCCCCC)(CCCCCCCCCCCC)CCCCCCCCCCCC.Fc1c[c-]cc(F)c1F. The molecule has 0 saturated carbocycles. The van der Waals surface area contributed by atoms with Crippen molar-refractivity contribution in [2.75, 3.05) is 19.6 Å². The Kier molecular flexibility index (Phi) is 34.4. The molecule has 0 spiro atoms. The fraction of sp³-hybridized carbons (Fsp3) is 0.587. The summed E-state index contributed by atoms with van der Waals surface area (Å²) >= 11 is 0. The number of unbranched alkanes of at least 4 members (excludes halogenated alkanes) is 27. The number of halogens is 12. The third kappa shape index (κ3) is 24.7. The molecule has 0 saturated heterocycles. The number of hydrogen-bond donors (Lipinski definition) is 0. The van der Waals surface area contributed by atoms with Crippen LogP contribution in [-0.4, -0.2) is 31.4 Å². The minimum Gasteiger partial charge on any atom is -0.489 e. The maximum Gasteiger partial charge on any atom is 0.864 e. The van der Waals surface area contributed by atoms with Gasteiger partial charge in [0.05, 0.1) is 31.0 Å². The second-order valence-electron chi connectivity index (χ2n) is 21.0. The van der Waals surface area contributed by atoms with Gasteiger partial charge in [0.2, 0.25) is 0 Å². The van der Waals surface area contributed by atoms with Crippen molar-refractivity contribution < 1.29 is 71.1 Å². The first-order chi connectivity index (χ1) is 38.5. The van der Waals surface area contributed by atoms with Crippen LogP contribution in [0, 0.1) is 75.9 Å². The normalized spacial score (nSPS) is 11.8. The van der Waals surface area contributed by atoms with Gasteiger partial charge in [-0.2, -0.15) is 6.07 Å². The van der Waals surface area contributed by atoms with Crippen molar-refractivity contribution in [3.8, 4) is 17.2 Å². The monoisotopic (exact) mass is 1140 g/mol. The summed E-state index contributed by atoms with van der Waals surface area (Å²) in [5, 5.41) is 0. The van der Waals surface area contributed by atoms with Crippen molar-refractivity contribution in [2.45, 2.75) is 219 Å². The fourth-order valence-electron chi connectivity index (χ4n) is 10.1. The number of hydrogen-bond acceptors (Lipinski definition) is 3. The summed E-state index contributed by atoms with van der Waals surface area (Å²) in [6.45, 7) is 12.4. The van der Waals surface area contributed by atoms with Crippen molar-refractivity contribution >= 4 is 7.32 Å². The van der Waals surface area contributed by atoms with E-state index in [1.807, 2.05) is 0 Å². The molecule has 4 aromatic carbocycles. The average Bonchev–Trinajstić information content (AvgIpc) is 3.51. The van der Waals surface area contributed by atoms with Crippen LogP contribution in [0.15, 0.2) is 55.1 Å². The van der Waals surface area contributed by atoms with Crippen LogP contribution in [-0.2, 0) is 0 Å². The average molecular weight is 1140 g/mol. The van der Waals surface area contributed by atoms with Gasteiger partial charge in [0.15, 0.2) is 52.4 Å². The number of benzene rings is 4. The summed E-state index contributed by atoms with van der Waals surface area (Å²) in [5.41, 5.74) is -0.435. The standard InChI is InChI=1S/C57H84BF9NO3.C6H2F3/c1-5-9-12-15-18-21-24-27-30-33-36-68(37-34-31-28-25-22-19-16-13-10-6-2,38-35-32-29-26-23-20-17-14-11-7-3)51(8-4)53-52(43-50(63)56(66)57(53)67)71-58(69-44-39-46(59)54(64)47(60)40-44)70-45-41-48(61)55(65)49(62)42-45;7-4-2-1-3-5(8)6(4)9/h8,39-43,51H,4-7,9-38H2,1-3H3;2-3H/q+1;-1. The molecular weight excluding hydrogens is 1060 g/mol. The highest BCUT2D eigenvalue weighted by atomic mass is 19.2. The van der Waals surface area contributed by atoms with Crippen LogP contribution in [0.3, 0.4) is 0 Å². The van der Waals surface area contributed by atoms with Gasteiger partial charge in [-0.15, -0.1) is 12.1 Å². The van der Waals surface area contributed by atoms with Gasteiger partial charge in [0.25, 0.3) is 0 Å². The summed E-state index contributed by atoms with van der Waals surface area (Å²) < 4.78 is 187. The van der Waals surface area contributed by atoms with E-state index in [0.717, 1.165) is 108 Å². The summed E-state index contributed by atoms with van der Waals surface area (Å²) in [6.07, 6.45) is 34.3. The van der Waals surface area contributed by atoms with E-state index in [2.05, 4.69) is 33.4 Å². The largest absolute Gasteiger partial charge is 0.864 e. The van der Waals surface area contributed by atoms with E-state index < -0.39 is 106 Å². The van der Waals surface area contributed by atoms with Gasteiger partial charge in [-0.25, -0.2) is 43.9 Å². The summed E-state index contributed by atoms with van der Waals surface area (Å²) in [6, 6.07) is 4.79. The Morgan fingerprint density at radius 1 is 0.388 bits per heavy atom. The van der Waals surface area contributed by atoms with Crippen molar-refractivity contribution in [1.82, 2.24) is 0 Å². The van der Waals surface area contributed by atoms with Gasteiger partial charge >= 0.3 is 7.32 Å². The predicted molar refractivity (Wildman–Crippen MR) is 295 cm³/mol. The van der Waals surface area contributed by atoms with Crippen molar-refractivity contribution in [3.63, 3.8) is 0 Å². The lowest BCUT2D eigenvalue weighted by molar-refractivity contribution is -0.951. The van der Waals surface area contributed by atoms with Gasteiger partial charge in [-0.1, -0.05) is 181 Å². The first-order valence-corrected chi connectivity index (χ1v) is 29.5. The van der Waals surface area contributed by atoms with E-state index in [1.165, 1.54) is 102 Å². The summed E-state index contributed by atoms with van der Waals surface area (Å²) in [4.78, 5) is 0. The minimum absolute atomic E-state index is 0.238. The predicted octanol–water partition coefficient (Wildman–Crippen LogP) is 21.2. The molecule has 0 amide bonds. The molecule has 0 fully saturated rings. The molecule has 17 heteroatoms. The minimum atomic E-state index is -2.37. The van der Waals surface area contributed by atoms with Crippen LogP contribution in [0.2, 0.25) is 0 Å². The zero-order valence-electron chi connectivity index (χ0n) is 47.5. The highest BCUT2D eigenvalue weighted by molar-refractivity contribution is 6.39. The lowest BCUT2D eigenvalue weighted by Crippen LogP contribution is -2.52. The van der Waals surface area contributed by atoms with Crippen LogP contribution in [0.5, 0.6) is 17.2 Å². The summed E-state index contributed by atoms with van der Waals surface area (Å²) in [5.74, 6) is -21.5. The molecule has 0 radical (unpaired) electrons. The highest BCUT2D eigenvalue weighted by Crippen LogP contribution is 2.42. The number of nitrogens with zero attached hydrogens (tertiary/aromatic N) is 1. The lowest BCUT2D eigenvalue weighted by atomic mass is 9.95. The Labute approximate surface area is 469 Å². The molecule has 4 rings (SSSR count). The second kappa shape index (κ2) is 39.6. The smallest absolute Gasteiger partial charge is 0.489 e. The molecule has 448 valence electrons. The zero-order chi connectivity index (χ0) is 58.7. The maximum atomic E-state index is 16.9. The number of quaternary nitrogens is 1. The van der Waals surface area contributed by atoms with E-state index in [9.17, 15) is 39.5 Å². The van der Waals surface area contributed by atoms with Gasteiger partial charge < -0.3 is 18.4 Å². The molecule has 4 aromatic rings. The summed E-state index contributed by atoms with van der Waals surface area (Å²) in [7, 11) is -2.37. The third-order valence-corrected chi connectivity index (χ3v) is 14.6. The van der Waals surface area contributed by atoms with E-state index in [4.69, 9.17) is 14.0 Å². The van der Waals surface area contributed by atoms with Crippen molar-refractivity contribution in [3.05, 3.63) is 137 Å². The van der Waals surface area contributed by atoms with E-state index in [-0.39, 0.29) is 4.48 Å². The Balaban J connectivity index is 0.00000169. The molecule has 0 aliphatic heterocycles. The van der Waals surface area contributed by atoms with Crippen molar-refractivity contribution in [2.24, 2.45) is 0 Å². The van der Waals surface area contributed by atoms with E-state index in [1.54, 1.807) is 0 Å². The van der Waals surface area contributed by atoms with Crippen LogP contribution in [0.25, 0.3) is 0 Å². The topological polar surface area (TPSA) is 27.7 Å². The molecule has 0 aliphatic carbocycles.